The van der Waals surface area contributed by atoms with Crippen LogP contribution >= 0.6 is 0 Å². The molecule has 0 bridgehead atoms. The second kappa shape index (κ2) is 5.12. The number of hydrogen-bond acceptors (Lipinski definition) is 2. The molecule has 0 radical (unpaired) electrons. The minimum atomic E-state index is -3.92. The monoisotopic (exact) mass is 228 g/mol. The Hall–Kier alpha value is -0.360. The smallest absolute Gasteiger partial charge is 0.316 e. The molecule has 1 fully saturated rings. The van der Waals surface area contributed by atoms with Crippen molar-refractivity contribution in [3.63, 3.8) is 0 Å². The highest BCUT2D eigenvalue weighted by Gasteiger charge is 2.40. The zero-order valence-electron chi connectivity index (χ0n) is 8.57. The van der Waals surface area contributed by atoms with E-state index >= 15 is 0 Å². The van der Waals surface area contributed by atoms with Gasteiger partial charge in [-0.25, -0.2) is 8.78 Å². The molecule has 1 heterocycles. The van der Waals surface area contributed by atoms with Gasteiger partial charge in [0.05, 0.1) is 6.54 Å². The van der Waals surface area contributed by atoms with Gasteiger partial charge < -0.3 is 10.6 Å². The lowest BCUT2D eigenvalue weighted by Crippen LogP contribution is -2.49. The van der Waals surface area contributed by atoms with Gasteiger partial charge in [0.15, 0.2) is 0 Å². The van der Waals surface area contributed by atoms with Crippen LogP contribution in [-0.4, -0.2) is 38.5 Å². The predicted molar refractivity (Wildman–Crippen MR) is 49.3 cm³/mol. The lowest BCUT2D eigenvalue weighted by molar-refractivity contribution is -0.125. The predicted octanol–water partition coefficient (Wildman–Crippen LogP) is 1.33. The molecular formula is C9H16F4N2. The molecule has 0 aliphatic carbocycles. The van der Waals surface area contributed by atoms with Crippen molar-refractivity contribution in [3.8, 4) is 0 Å². The van der Waals surface area contributed by atoms with Gasteiger partial charge in [0.2, 0.25) is 0 Å². The molecule has 15 heavy (non-hydrogen) atoms. The summed E-state index contributed by atoms with van der Waals surface area (Å²) in [5.74, 6) is -3.21. The minimum absolute atomic E-state index is 0.236. The maximum Gasteiger partial charge on any atom is 0.319 e. The summed E-state index contributed by atoms with van der Waals surface area (Å²) in [6, 6.07) is 0. The van der Waals surface area contributed by atoms with Gasteiger partial charge in [-0.15, -0.1) is 0 Å². The third-order valence-electron chi connectivity index (χ3n) is 2.76. The van der Waals surface area contributed by atoms with Gasteiger partial charge in [0.25, 0.3) is 0 Å². The van der Waals surface area contributed by atoms with Crippen molar-refractivity contribution in [2.75, 3.05) is 26.2 Å². The summed E-state index contributed by atoms with van der Waals surface area (Å²) in [6.07, 6.45) is -3.59. The summed E-state index contributed by atoms with van der Waals surface area (Å²) in [7, 11) is 0. The third kappa shape index (κ3) is 3.61. The molecule has 1 saturated heterocycles. The summed E-state index contributed by atoms with van der Waals surface area (Å²) in [5.41, 5.74) is 0. The molecule has 0 aromatic rings. The lowest BCUT2D eigenvalue weighted by Gasteiger charge is -2.33. The quantitative estimate of drug-likeness (QED) is 0.670. The van der Waals surface area contributed by atoms with Gasteiger partial charge in [-0.3, -0.25) is 0 Å². The Balaban J connectivity index is 2.14. The van der Waals surface area contributed by atoms with Gasteiger partial charge in [0, 0.05) is 0 Å². The molecule has 90 valence electrons. The fraction of sp³-hybridized carbons (Fsp3) is 1.00. The highest BCUT2D eigenvalue weighted by Crippen LogP contribution is 2.22. The van der Waals surface area contributed by atoms with Crippen LogP contribution in [0, 0.1) is 11.8 Å². The van der Waals surface area contributed by atoms with Crippen LogP contribution in [-0.2, 0) is 0 Å². The lowest BCUT2D eigenvalue weighted by atomic mass is 9.89. The molecule has 1 atom stereocenters. The van der Waals surface area contributed by atoms with Gasteiger partial charge >= 0.3 is 12.3 Å². The van der Waals surface area contributed by atoms with Gasteiger partial charge in [-0.1, -0.05) is 6.92 Å². The molecule has 0 saturated carbocycles. The SMILES string of the molecule is CC(CNCC(F)(F)C(F)F)C1CNC1. The van der Waals surface area contributed by atoms with Crippen LogP contribution in [0.1, 0.15) is 6.92 Å². The van der Waals surface area contributed by atoms with Gasteiger partial charge in [-0.05, 0) is 31.5 Å². The van der Waals surface area contributed by atoms with Crippen LogP contribution in [0.15, 0.2) is 0 Å². The minimum Gasteiger partial charge on any atom is -0.316 e. The molecule has 2 nitrogen and oxygen atoms in total. The molecule has 0 spiro atoms. The van der Waals surface area contributed by atoms with E-state index in [4.69, 9.17) is 0 Å². The second-order valence-electron chi connectivity index (χ2n) is 4.09. The standard InChI is InChI=1S/C9H16F4N2/c1-6(7-3-14-4-7)2-15-5-9(12,13)8(10)11/h6-8,14-15H,2-5H2,1H3. The van der Waals surface area contributed by atoms with E-state index in [0.717, 1.165) is 13.1 Å². The first-order valence-corrected chi connectivity index (χ1v) is 5.01. The summed E-state index contributed by atoms with van der Waals surface area (Å²) < 4.78 is 48.5. The van der Waals surface area contributed by atoms with E-state index in [1.165, 1.54) is 0 Å². The normalized spacial score (nSPS) is 20.4. The average Bonchev–Trinajstić information content (AvgIpc) is 1.99. The Labute approximate surface area is 86.4 Å². The molecule has 0 aromatic heterocycles. The van der Waals surface area contributed by atoms with Crippen molar-refractivity contribution in [1.29, 1.82) is 0 Å². The first-order chi connectivity index (χ1) is 6.93. The van der Waals surface area contributed by atoms with Gasteiger partial charge in [-0.2, -0.15) is 8.78 Å². The maximum absolute atomic E-state index is 12.5. The Bertz CT molecular complexity index is 195. The van der Waals surface area contributed by atoms with Crippen molar-refractivity contribution in [2.45, 2.75) is 19.3 Å². The van der Waals surface area contributed by atoms with E-state index in [-0.39, 0.29) is 5.92 Å². The molecule has 1 unspecified atom stereocenters. The molecular weight excluding hydrogens is 212 g/mol. The number of alkyl halides is 4. The summed E-state index contributed by atoms with van der Waals surface area (Å²) >= 11 is 0. The fourth-order valence-electron chi connectivity index (χ4n) is 1.42. The number of rotatable bonds is 6. The fourth-order valence-corrected chi connectivity index (χ4v) is 1.42. The van der Waals surface area contributed by atoms with Crippen LogP contribution in [0.3, 0.4) is 0 Å². The largest absolute Gasteiger partial charge is 0.319 e. The van der Waals surface area contributed by atoms with Crippen molar-refractivity contribution in [1.82, 2.24) is 10.6 Å². The first-order valence-electron chi connectivity index (χ1n) is 5.01. The Morgan fingerprint density at radius 1 is 1.40 bits per heavy atom. The zero-order chi connectivity index (χ0) is 11.5. The number of nitrogens with one attached hydrogen (secondary N) is 2. The average molecular weight is 228 g/mol. The third-order valence-corrected chi connectivity index (χ3v) is 2.76. The number of halogens is 4. The van der Waals surface area contributed by atoms with Crippen molar-refractivity contribution < 1.29 is 17.6 Å². The highest BCUT2D eigenvalue weighted by atomic mass is 19.3. The van der Waals surface area contributed by atoms with Crippen LogP contribution in [0.2, 0.25) is 0 Å². The molecule has 2 N–H and O–H groups in total. The number of hydrogen-bond donors (Lipinski definition) is 2. The summed E-state index contributed by atoms with van der Waals surface area (Å²) in [5, 5.41) is 5.47. The van der Waals surface area contributed by atoms with Crippen LogP contribution in [0.5, 0.6) is 0 Å². The van der Waals surface area contributed by atoms with E-state index < -0.39 is 18.9 Å². The molecule has 0 aromatic carbocycles. The van der Waals surface area contributed by atoms with E-state index in [2.05, 4.69) is 10.6 Å². The van der Waals surface area contributed by atoms with Crippen molar-refractivity contribution >= 4 is 0 Å². The Kier molecular flexibility index (Phi) is 4.33. The topological polar surface area (TPSA) is 24.1 Å². The van der Waals surface area contributed by atoms with Crippen LogP contribution in [0.4, 0.5) is 17.6 Å². The van der Waals surface area contributed by atoms with Gasteiger partial charge in [0.1, 0.15) is 0 Å². The molecule has 1 aliphatic rings. The first kappa shape index (κ1) is 12.7. The van der Waals surface area contributed by atoms with E-state index in [0.29, 0.717) is 12.5 Å². The van der Waals surface area contributed by atoms with Crippen molar-refractivity contribution in [3.05, 3.63) is 0 Å². The molecule has 1 rings (SSSR count). The van der Waals surface area contributed by atoms with Crippen LogP contribution < -0.4 is 10.6 Å². The molecule has 6 heteroatoms. The Morgan fingerprint density at radius 3 is 2.40 bits per heavy atom. The molecule has 0 amide bonds. The second-order valence-corrected chi connectivity index (χ2v) is 4.09. The Morgan fingerprint density at radius 2 is 2.00 bits per heavy atom. The highest BCUT2D eigenvalue weighted by molar-refractivity contribution is 4.81. The maximum atomic E-state index is 12.5. The summed E-state index contributed by atoms with van der Waals surface area (Å²) in [4.78, 5) is 0. The summed E-state index contributed by atoms with van der Waals surface area (Å²) in [6.45, 7) is 3.10. The molecule has 1 aliphatic heterocycles. The van der Waals surface area contributed by atoms with Crippen LogP contribution in [0.25, 0.3) is 0 Å². The van der Waals surface area contributed by atoms with Crippen molar-refractivity contribution in [2.24, 2.45) is 11.8 Å². The van der Waals surface area contributed by atoms with E-state index in [1.54, 1.807) is 0 Å². The van der Waals surface area contributed by atoms with E-state index in [9.17, 15) is 17.6 Å². The van der Waals surface area contributed by atoms with E-state index in [1.807, 2.05) is 6.92 Å². The zero-order valence-corrected chi connectivity index (χ0v) is 8.57.